The van der Waals surface area contributed by atoms with E-state index in [4.69, 9.17) is 9.47 Å². The van der Waals surface area contributed by atoms with Crippen LogP contribution in [0.15, 0.2) is 11.6 Å². The molecular weight excluding hydrogens is 408 g/mol. The number of rotatable bonds is 3. The lowest BCUT2D eigenvalue weighted by Gasteiger charge is -2.61. The molecule has 2 spiro atoms. The number of allylic oxidation sites excluding steroid dienone is 1. The zero-order valence-corrected chi connectivity index (χ0v) is 20.0. The van der Waals surface area contributed by atoms with Crippen LogP contribution in [0.1, 0.15) is 79.6 Å². The third kappa shape index (κ3) is 2.47. The SMILES string of the molecule is C/C=C(\C)C(=O)O[C@@H]1[C@@H](O)[C@]2(C)[C@@H](C(C)=O)CC[C@@]23O[C@]32CC[C@H]3C[C@@H](O)CC[C@]3(C)[C@@H]12. The van der Waals surface area contributed by atoms with Gasteiger partial charge in [0.25, 0.3) is 0 Å². The molecule has 5 fully saturated rings. The fourth-order valence-corrected chi connectivity index (χ4v) is 8.91. The second-order valence-corrected chi connectivity index (χ2v) is 11.7. The number of esters is 1. The molecule has 4 aliphatic carbocycles. The van der Waals surface area contributed by atoms with E-state index in [1.165, 1.54) is 0 Å². The highest BCUT2D eigenvalue weighted by atomic mass is 16.6. The monoisotopic (exact) mass is 446 g/mol. The predicted octanol–water partition coefficient (Wildman–Crippen LogP) is 3.33. The molecule has 0 aromatic heterocycles. The number of aliphatic hydroxyl groups is 2. The Morgan fingerprint density at radius 2 is 1.78 bits per heavy atom. The molecule has 178 valence electrons. The van der Waals surface area contributed by atoms with E-state index in [9.17, 15) is 19.8 Å². The number of Topliss-reactive ketones (excluding diaryl/α,β-unsaturated/α-hetero) is 1. The molecule has 4 saturated carbocycles. The molecule has 0 aromatic carbocycles. The van der Waals surface area contributed by atoms with Crippen molar-refractivity contribution in [2.24, 2.45) is 28.6 Å². The summed E-state index contributed by atoms with van der Waals surface area (Å²) < 4.78 is 12.9. The second kappa shape index (κ2) is 6.89. The van der Waals surface area contributed by atoms with Crippen molar-refractivity contribution in [3.8, 4) is 0 Å². The Balaban J connectivity index is 1.64. The van der Waals surface area contributed by atoms with Gasteiger partial charge >= 0.3 is 5.97 Å². The number of ketones is 1. The summed E-state index contributed by atoms with van der Waals surface area (Å²) >= 11 is 0. The van der Waals surface area contributed by atoms with Gasteiger partial charge in [-0.05, 0) is 77.0 Å². The molecule has 2 N–H and O–H groups in total. The molecule has 1 aliphatic heterocycles. The highest BCUT2D eigenvalue weighted by Gasteiger charge is 2.90. The van der Waals surface area contributed by atoms with E-state index in [1.54, 1.807) is 26.8 Å². The van der Waals surface area contributed by atoms with Crippen LogP contribution in [0.2, 0.25) is 0 Å². The van der Waals surface area contributed by atoms with Crippen LogP contribution in [-0.4, -0.2) is 51.5 Å². The molecule has 32 heavy (non-hydrogen) atoms. The van der Waals surface area contributed by atoms with Crippen molar-refractivity contribution in [1.29, 1.82) is 0 Å². The van der Waals surface area contributed by atoms with Crippen molar-refractivity contribution in [2.45, 2.75) is 109 Å². The normalized spacial score (nSPS) is 54.0. The maximum absolute atomic E-state index is 13.0. The van der Waals surface area contributed by atoms with Crippen LogP contribution < -0.4 is 0 Å². The first-order valence-corrected chi connectivity index (χ1v) is 12.4. The Morgan fingerprint density at radius 1 is 1.06 bits per heavy atom. The van der Waals surface area contributed by atoms with Gasteiger partial charge in [-0.3, -0.25) is 4.79 Å². The fraction of sp³-hybridized carbons (Fsp3) is 0.846. The Bertz CT molecular complexity index is 882. The van der Waals surface area contributed by atoms with Crippen molar-refractivity contribution in [1.82, 2.24) is 0 Å². The van der Waals surface area contributed by atoms with Gasteiger partial charge in [-0.25, -0.2) is 4.79 Å². The highest BCUT2D eigenvalue weighted by molar-refractivity contribution is 5.88. The quantitative estimate of drug-likeness (QED) is 0.392. The van der Waals surface area contributed by atoms with Gasteiger partial charge in [0.1, 0.15) is 29.2 Å². The average molecular weight is 447 g/mol. The van der Waals surface area contributed by atoms with Crippen LogP contribution in [0, 0.1) is 28.6 Å². The highest BCUT2D eigenvalue weighted by Crippen LogP contribution is 2.81. The number of hydrogen-bond acceptors (Lipinski definition) is 6. The van der Waals surface area contributed by atoms with Crippen molar-refractivity contribution in [2.75, 3.05) is 0 Å². The van der Waals surface area contributed by atoms with Crippen LogP contribution in [0.25, 0.3) is 0 Å². The molecule has 5 aliphatic rings. The molecule has 0 aromatic rings. The lowest BCUT2D eigenvalue weighted by atomic mass is 9.43. The summed E-state index contributed by atoms with van der Waals surface area (Å²) in [5.41, 5.74) is -1.49. The largest absolute Gasteiger partial charge is 0.456 e. The maximum atomic E-state index is 13.0. The summed E-state index contributed by atoms with van der Waals surface area (Å²) in [4.78, 5) is 25.6. The number of epoxide rings is 1. The number of fused-ring (bicyclic) bond motifs is 2. The van der Waals surface area contributed by atoms with Crippen LogP contribution in [-0.2, 0) is 19.1 Å². The molecule has 10 atom stereocenters. The summed E-state index contributed by atoms with van der Waals surface area (Å²) in [6.45, 7) is 9.37. The van der Waals surface area contributed by atoms with Crippen molar-refractivity contribution in [3.63, 3.8) is 0 Å². The number of hydrogen-bond donors (Lipinski definition) is 2. The number of ether oxygens (including phenoxy) is 2. The fourth-order valence-electron chi connectivity index (χ4n) is 8.91. The van der Waals surface area contributed by atoms with E-state index >= 15 is 0 Å². The molecule has 1 saturated heterocycles. The van der Waals surface area contributed by atoms with E-state index in [2.05, 4.69) is 6.92 Å². The molecule has 0 bridgehead atoms. The van der Waals surface area contributed by atoms with E-state index in [0.717, 1.165) is 32.1 Å². The molecule has 6 nitrogen and oxygen atoms in total. The average Bonchev–Trinajstić information content (AvgIpc) is 3.29. The van der Waals surface area contributed by atoms with Gasteiger partial charge in [0.05, 0.1) is 6.10 Å². The van der Waals surface area contributed by atoms with Gasteiger partial charge in [-0.1, -0.05) is 19.9 Å². The lowest BCUT2D eigenvalue weighted by molar-refractivity contribution is -0.212. The van der Waals surface area contributed by atoms with E-state index in [-0.39, 0.29) is 29.1 Å². The van der Waals surface area contributed by atoms with Crippen LogP contribution in [0.4, 0.5) is 0 Å². The van der Waals surface area contributed by atoms with Crippen LogP contribution >= 0.6 is 0 Å². The van der Waals surface area contributed by atoms with E-state index in [1.807, 2.05) is 6.92 Å². The first-order chi connectivity index (χ1) is 15.0. The standard InChI is InChI=1S/C26H38O6/c1-6-14(2)22(30)31-19-20-23(4)10-8-17(28)13-16(23)7-11-25(20)26(32-25)12-9-18(15(3)27)24(26,5)21(19)29/h6,16-21,28-29H,7-13H2,1-5H3/b14-6+/t16-,17-,18+,19-,20+,21+,23-,24-,25-,26+/m0/s1. The van der Waals surface area contributed by atoms with E-state index < -0.39 is 34.8 Å². The van der Waals surface area contributed by atoms with Gasteiger partial charge in [0, 0.05) is 22.8 Å². The molecular formula is C26H38O6. The predicted molar refractivity (Wildman–Crippen MR) is 118 cm³/mol. The smallest absolute Gasteiger partial charge is 0.333 e. The minimum Gasteiger partial charge on any atom is -0.456 e. The van der Waals surface area contributed by atoms with Crippen LogP contribution in [0.5, 0.6) is 0 Å². The Kier molecular flexibility index (Phi) is 4.86. The first kappa shape index (κ1) is 22.5. The minimum atomic E-state index is -0.976. The maximum Gasteiger partial charge on any atom is 0.333 e. The summed E-state index contributed by atoms with van der Waals surface area (Å²) in [6, 6.07) is 0. The van der Waals surface area contributed by atoms with Gasteiger partial charge in [-0.2, -0.15) is 0 Å². The molecule has 0 unspecified atom stereocenters. The molecule has 0 amide bonds. The van der Waals surface area contributed by atoms with Crippen molar-refractivity contribution >= 4 is 11.8 Å². The third-order valence-corrected chi connectivity index (χ3v) is 10.7. The van der Waals surface area contributed by atoms with Gasteiger partial charge < -0.3 is 19.7 Å². The van der Waals surface area contributed by atoms with Gasteiger partial charge in [0.2, 0.25) is 0 Å². The van der Waals surface area contributed by atoms with Crippen molar-refractivity contribution < 1.29 is 29.3 Å². The van der Waals surface area contributed by atoms with E-state index in [0.29, 0.717) is 24.3 Å². The second-order valence-electron chi connectivity index (χ2n) is 11.7. The van der Waals surface area contributed by atoms with Gasteiger partial charge in [-0.15, -0.1) is 0 Å². The zero-order chi connectivity index (χ0) is 23.3. The van der Waals surface area contributed by atoms with Crippen LogP contribution in [0.3, 0.4) is 0 Å². The molecule has 6 heteroatoms. The minimum absolute atomic E-state index is 0.0722. The topological polar surface area (TPSA) is 96.4 Å². The Morgan fingerprint density at radius 3 is 2.44 bits per heavy atom. The number of carbonyl (C=O) groups excluding carboxylic acids is 2. The number of aliphatic hydroxyl groups excluding tert-OH is 2. The summed E-state index contributed by atoms with van der Waals surface area (Å²) in [7, 11) is 0. The Labute approximate surface area is 190 Å². The number of carbonyl (C=O) groups is 2. The summed E-state index contributed by atoms with van der Waals surface area (Å²) in [5, 5.41) is 22.3. The Hall–Kier alpha value is -1.24. The summed E-state index contributed by atoms with van der Waals surface area (Å²) in [5.74, 6) is -0.497. The molecule has 0 radical (unpaired) electrons. The molecule has 5 rings (SSSR count). The third-order valence-electron chi connectivity index (χ3n) is 10.7. The first-order valence-electron chi connectivity index (χ1n) is 12.4. The molecule has 1 heterocycles. The summed E-state index contributed by atoms with van der Waals surface area (Å²) in [6.07, 6.45) is 5.24. The van der Waals surface area contributed by atoms with Crippen molar-refractivity contribution in [3.05, 3.63) is 11.6 Å². The van der Waals surface area contributed by atoms with Gasteiger partial charge in [0.15, 0.2) is 0 Å². The zero-order valence-electron chi connectivity index (χ0n) is 20.0. The lowest BCUT2D eigenvalue weighted by Crippen LogP contribution is -2.70.